The maximum Gasteiger partial charge on any atom is 0.408 e. The fourth-order valence-electron chi connectivity index (χ4n) is 3.62. The number of carbonyl (C=O) groups excluding carboxylic acids is 4. The van der Waals surface area contributed by atoms with Crippen LogP contribution >= 0.6 is 11.8 Å². The molecule has 2 unspecified atom stereocenters. The molecule has 0 saturated heterocycles. The smallest absolute Gasteiger partial charge is 0.408 e. The second kappa shape index (κ2) is 16.8. The van der Waals surface area contributed by atoms with Crippen LogP contribution in [0.5, 0.6) is 5.75 Å². The number of carbonyl (C=O) groups is 4. The van der Waals surface area contributed by atoms with Gasteiger partial charge in [0.2, 0.25) is 11.8 Å². The molecule has 1 rings (SSSR count). The van der Waals surface area contributed by atoms with E-state index in [1.807, 2.05) is 13.2 Å². The summed E-state index contributed by atoms with van der Waals surface area (Å²) in [5.74, 6) is -0.853. The zero-order valence-corrected chi connectivity index (χ0v) is 24.2. The van der Waals surface area contributed by atoms with Crippen molar-refractivity contribution >= 4 is 35.6 Å². The molecule has 0 bridgehead atoms. The van der Waals surface area contributed by atoms with E-state index in [2.05, 4.69) is 10.6 Å². The third kappa shape index (κ3) is 12.1. The number of benzene rings is 1. The number of alkyl carbamates (subject to hydrolysis) is 1. The summed E-state index contributed by atoms with van der Waals surface area (Å²) in [5.41, 5.74) is -0.342. The van der Waals surface area contributed by atoms with E-state index in [-0.39, 0.29) is 31.9 Å². The summed E-state index contributed by atoms with van der Waals surface area (Å²) in [6.45, 7) is 9.37. The molecule has 3 amide bonds. The van der Waals surface area contributed by atoms with Gasteiger partial charge in [0.05, 0.1) is 13.0 Å². The van der Waals surface area contributed by atoms with Gasteiger partial charge in [0.15, 0.2) is 0 Å². The standard InChI is InChI=1S/C27H43N3O7S/c1-7-9-16-30(25(34)21(14-17-38-6)29-26(35)37-27(3,4)5)23(19-11-10-12-20(31)18-19)24(33)28-15-13-22(32)36-8-2/h10-12,18,21,23,31H,7-9,13-17H2,1-6H3,(H,28,33)(H,29,35). The number of ether oxygens (including phenoxy) is 2. The number of thioether (sulfide) groups is 1. The van der Waals surface area contributed by atoms with E-state index < -0.39 is 41.6 Å². The average molecular weight is 554 g/mol. The number of amides is 3. The van der Waals surface area contributed by atoms with Crippen LogP contribution in [0.15, 0.2) is 24.3 Å². The molecule has 0 aliphatic rings. The molecule has 0 fully saturated rings. The summed E-state index contributed by atoms with van der Waals surface area (Å²) in [6.07, 6.45) is 2.86. The molecule has 38 heavy (non-hydrogen) atoms. The van der Waals surface area contributed by atoms with Gasteiger partial charge in [-0.05, 0) is 70.2 Å². The molecular weight excluding hydrogens is 510 g/mol. The number of unbranched alkanes of at least 4 members (excludes halogenated alkanes) is 1. The summed E-state index contributed by atoms with van der Waals surface area (Å²) < 4.78 is 10.3. The van der Waals surface area contributed by atoms with Crippen molar-refractivity contribution in [3.8, 4) is 5.75 Å². The maximum atomic E-state index is 14.0. The van der Waals surface area contributed by atoms with Crippen LogP contribution in [0.1, 0.15) is 71.9 Å². The van der Waals surface area contributed by atoms with Crippen molar-refractivity contribution in [2.75, 3.05) is 31.7 Å². The van der Waals surface area contributed by atoms with Crippen molar-refractivity contribution in [2.24, 2.45) is 0 Å². The Balaban J connectivity index is 3.36. The lowest BCUT2D eigenvalue weighted by atomic mass is 10.0. The first-order valence-electron chi connectivity index (χ1n) is 12.9. The molecule has 1 aromatic rings. The van der Waals surface area contributed by atoms with Crippen LogP contribution in [0.2, 0.25) is 0 Å². The molecule has 0 aromatic heterocycles. The highest BCUT2D eigenvalue weighted by atomic mass is 32.2. The van der Waals surface area contributed by atoms with Gasteiger partial charge < -0.3 is 30.1 Å². The molecule has 0 aliphatic carbocycles. The molecule has 214 valence electrons. The molecule has 3 N–H and O–H groups in total. The van der Waals surface area contributed by atoms with E-state index in [1.165, 1.54) is 28.8 Å². The van der Waals surface area contributed by atoms with Gasteiger partial charge in [-0.25, -0.2) is 4.79 Å². The van der Waals surface area contributed by atoms with E-state index in [0.29, 0.717) is 24.2 Å². The van der Waals surface area contributed by atoms with E-state index >= 15 is 0 Å². The molecule has 1 aromatic carbocycles. The second-order valence-corrected chi connectivity index (χ2v) is 10.7. The minimum atomic E-state index is -1.10. The summed E-state index contributed by atoms with van der Waals surface area (Å²) in [6, 6.07) is 4.13. The van der Waals surface area contributed by atoms with E-state index in [0.717, 1.165) is 6.42 Å². The fraction of sp³-hybridized carbons (Fsp3) is 0.630. The second-order valence-electron chi connectivity index (χ2n) is 9.71. The summed E-state index contributed by atoms with van der Waals surface area (Å²) in [7, 11) is 0. The monoisotopic (exact) mass is 553 g/mol. The molecule has 0 saturated carbocycles. The van der Waals surface area contributed by atoms with Gasteiger partial charge in [0, 0.05) is 13.1 Å². The third-order valence-electron chi connectivity index (χ3n) is 5.32. The molecule has 2 atom stereocenters. The van der Waals surface area contributed by atoms with Crippen molar-refractivity contribution in [3.63, 3.8) is 0 Å². The van der Waals surface area contributed by atoms with Crippen LogP contribution in [0, 0.1) is 0 Å². The lowest BCUT2D eigenvalue weighted by Crippen LogP contribution is -2.53. The zero-order valence-electron chi connectivity index (χ0n) is 23.4. The molecule has 10 nitrogen and oxygen atoms in total. The molecule has 0 radical (unpaired) electrons. The number of hydrogen-bond acceptors (Lipinski definition) is 8. The average Bonchev–Trinajstić information content (AvgIpc) is 2.82. The lowest BCUT2D eigenvalue weighted by Gasteiger charge is -2.34. The Morgan fingerprint density at radius 3 is 2.45 bits per heavy atom. The number of aromatic hydroxyl groups is 1. The topological polar surface area (TPSA) is 134 Å². The van der Waals surface area contributed by atoms with Crippen LogP contribution < -0.4 is 10.6 Å². The Morgan fingerprint density at radius 1 is 1.16 bits per heavy atom. The van der Waals surface area contributed by atoms with Crippen molar-refractivity contribution in [1.82, 2.24) is 15.5 Å². The van der Waals surface area contributed by atoms with Crippen molar-refractivity contribution < 1.29 is 33.8 Å². The zero-order chi connectivity index (χ0) is 28.7. The van der Waals surface area contributed by atoms with Gasteiger partial charge in [-0.2, -0.15) is 11.8 Å². The largest absolute Gasteiger partial charge is 0.508 e. The molecule has 0 spiro atoms. The Morgan fingerprint density at radius 2 is 1.87 bits per heavy atom. The number of rotatable bonds is 15. The third-order valence-corrected chi connectivity index (χ3v) is 5.96. The van der Waals surface area contributed by atoms with Crippen molar-refractivity contribution in [3.05, 3.63) is 29.8 Å². The number of phenolic OH excluding ortho intramolecular Hbond substituents is 1. The number of nitrogens with zero attached hydrogens (tertiary/aromatic N) is 1. The Bertz CT molecular complexity index is 920. The highest BCUT2D eigenvalue weighted by Crippen LogP contribution is 2.26. The van der Waals surface area contributed by atoms with Gasteiger partial charge >= 0.3 is 12.1 Å². The number of hydrogen-bond donors (Lipinski definition) is 3. The molecule has 11 heteroatoms. The van der Waals surface area contributed by atoms with E-state index in [4.69, 9.17) is 9.47 Å². The van der Waals surface area contributed by atoms with Crippen molar-refractivity contribution in [2.45, 2.75) is 78.0 Å². The van der Waals surface area contributed by atoms with E-state index in [1.54, 1.807) is 39.8 Å². The Labute approximate surface area is 230 Å². The minimum absolute atomic E-state index is 0.0220. The number of esters is 1. The van der Waals surface area contributed by atoms with Crippen LogP contribution in [0.4, 0.5) is 4.79 Å². The maximum absolute atomic E-state index is 14.0. The minimum Gasteiger partial charge on any atom is -0.508 e. The lowest BCUT2D eigenvalue weighted by molar-refractivity contribution is -0.144. The highest BCUT2D eigenvalue weighted by Gasteiger charge is 2.36. The number of phenols is 1. The van der Waals surface area contributed by atoms with Gasteiger partial charge in [0.25, 0.3) is 0 Å². The molecule has 0 heterocycles. The van der Waals surface area contributed by atoms with Crippen LogP contribution in [-0.2, 0) is 23.9 Å². The van der Waals surface area contributed by atoms with Crippen LogP contribution in [0.25, 0.3) is 0 Å². The Hall–Kier alpha value is -2.95. The summed E-state index contributed by atoms with van der Waals surface area (Å²) >= 11 is 1.53. The SMILES string of the molecule is CCCCN(C(=O)C(CCSC)NC(=O)OC(C)(C)C)C(C(=O)NCCC(=O)OCC)c1cccc(O)c1. The summed E-state index contributed by atoms with van der Waals surface area (Å²) in [5, 5.41) is 15.5. The van der Waals surface area contributed by atoms with Gasteiger partial charge in [-0.1, -0.05) is 25.5 Å². The van der Waals surface area contributed by atoms with E-state index in [9.17, 15) is 24.3 Å². The first kappa shape index (κ1) is 33.1. The first-order chi connectivity index (χ1) is 17.9. The first-order valence-corrected chi connectivity index (χ1v) is 14.3. The number of nitrogens with one attached hydrogen (secondary N) is 2. The summed E-state index contributed by atoms with van der Waals surface area (Å²) in [4.78, 5) is 53.2. The molecular formula is C27H43N3O7S. The van der Waals surface area contributed by atoms with Crippen LogP contribution in [0.3, 0.4) is 0 Å². The van der Waals surface area contributed by atoms with Crippen LogP contribution in [-0.4, -0.2) is 77.2 Å². The van der Waals surface area contributed by atoms with Crippen molar-refractivity contribution in [1.29, 1.82) is 0 Å². The van der Waals surface area contributed by atoms with Gasteiger partial charge in [0.1, 0.15) is 23.4 Å². The quantitative estimate of drug-likeness (QED) is 0.280. The van der Waals surface area contributed by atoms with Gasteiger partial charge in [-0.3, -0.25) is 14.4 Å². The predicted octanol–water partition coefficient (Wildman–Crippen LogP) is 3.78. The molecule has 0 aliphatic heterocycles. The van der Waals surface area contributed by atoms with Gasteiger partial charge in [-0.15, -0.1) is 0 Å². The normalized spacial score (nSPS) is 12.7. The Kier molecular flexibility index (Phi) is 14.6. The highest BCUT2D eigenvalue weighted by molar-refractivity contribution is 7.98. The predicted molar refractivity (Wildman–Crippen MR) is 148 cm³/mol. The fourth-order valence-corrected chi connectivity index (χ4v) is 4.09.